The molecule has 0 fully saturated rings. The quantitative estimate of drug-likeness (QED) is 0.654. The first kappa shape index (κ1) is 11.3. The van der Waals surface area contributed by atoms with Gasteiger partial charge in [0.05, 0.1) is 5.52 Å². The number of benzene rings is 2. The van der Waals surface area contributed by atoms with Gasteiger partial charge >= 0.3 is 16.6 Å². The van der Waals surface area contributed by atoms with Gasteiger partial charge in [-0.25, -0.2) is 4.68 Å². The van der Waals surface area contributed by atoms with E-state index in [0.717, 1.165) is 22.3 Å². The lowest BCUT2D eigenvalue weighted by Gasteiger charge is -2.10. The molecule has 0 saturated heterocycles. The number of fused-ring (bicyclic) bond motifs is 1. The third-order valence-corrected chi connectivity index (χ3v) is 3.16. The molecule has 1 aromatic heterocycles. The number of hydrogen-bond acceptors (Lipinski definition) is 2. The molecule has 2 aromatic carbocycles. The number of rotatable bonds is 2. The molecule has 86 valence electrons. The number of nitrogens with zero attached hydrogens (tertiary/aromatic N) is 2. The van der Waals surface area contributed by atoms with Gasteiger partial charge in [0, 0.05) is 11.6 Å². The Morgan fingerprint density at radius 3 is 2.78 bits per heavy atom. The normalized spacial score (nSPS) is 10.7. The maximum Gasteiger partial charge on any atom is 0.482 e. The summed E-state index contributed by atoms with van der Waals surface area (Å²) in [5.74, 6) is 0.790. The van der Waals surface area contributed by atoms with Crippen LogP contribution in [0.5, 0.6) is 5.75 Å². The molecule has 4 heteroatoms. The topological polar surface area (TPSA) is 27.1 Å². The third-order valence-electron chi connectivity index (χ3n) is 2.90. The molecule has 0 aliphatic rings. The lowest BCUT2D eigenvalue weighted by Crippen LogP contribution is -1.99. The van der Waals surface area contributed by atoms with E-state index in [1.54, 1.807) is 0 Å². The van der Waals surface area contributed by atoms with E-state index in [0.29, 0.717) is 0 Å². The Morgan fingerprint density at radius 1 is 1.17 bits per heavy atom. The Morgan fingerprint density at radius 2 is 2.00 bits per heavy atom. The van der Waals surface area contributed by atoms with Crippen molar-refractivity contribution < 1.29 is 3.79 Å². The smallest absolute Gasteiger partial charge is 0.482 e. The predicted molar refractivity (Wildman–Crippen MR) is 72.2 cm³/mol. The van der Waals surface area contributed by atoms with Crippen LogP contribution < -0.4 is 3.79 Å². The van der Waals surface area contributed by atoms with E-state index in [9.17, 15) is 0 Å². The SMILES string of the molecule is Cc1ccc([O][Al])c(-n2cc3ccccc3n2)c1. The van der Waals surface area contributed by atoms with E-state index >= 15 is 0 Å². The fourth-order valence-corrected chi connectivity index (χ4v) is 2.19. The van der Waals surface area contributed by atoms with Gasteiger partial charge in [-0.2, -0.15) is 5.10 Å². The van der Waals surface area contributed by atoms with Crippen molar-refractivity contribution in [2.45, 2.75) is 6.92 Å². The second-order valence-electron chi connectivity index (χ2n) is 4.22. The van der Waals surface area contributed by atoms with Gasteiger partial charge in [-0.15, -0.1) is 0 Å². The van der Waals surface area contributed by atoms with Crippen LogP contribution in [0.3, 0.4) is 0 Å². The predicted octanol–water partition coefficient (Wildman–Crippen LogP) is 2.80. The van der Waals surface area contributed by atoms with Crippen molar-refractivity contribution in [1.82, 2.24) is 9.78 Å². The van der Waals surface area contributed by atoms with Crippen LogP contribution in [0.25, 0.3) is 16.6 Å². The molecule has 2 radical (unpaired) electrons. The molecule has 3 aromatic rings. The van der Waals surface area contributed by atoms with Crippen LogP contribution in [-0.4, -0.2) is 26.4 Å². The molecule has 0 atom stereocenters. The minimum atomic E-state index is 0.790. The lowest BCUT2D eigenvalue weighted by atomic mass is 10.2. The van der Waals surface area contributed by atoms with Crippen LogP contribution in [-0.2, 0) is 0 Å². The first-order valence-corrected chi connectivity index (χ1v) is 6.17. The summed E-state index contributed by atoms with van der Waals surface area (Å²) in [7, 11) is 0. The van der Waals surface area contributed by atoms with Gasteiger partial charge in [-0.05, 0) is 30.7 Å². The molecule has 3 nitrogen and oxygen atoms in total. The second-order valence-corrected chi connectivity index (χ2v) is 4.46. The van der Waals surface area contributed by atoms with E-state index < -0.39 is 0 Å². The molecule has 0 N–H and O–H groups in total. The van der Waals surface area contributed by atoms with Gasteiger partial charge < -0.3 is 3.79 Å². The van der Waals surface area contributed by atoms with Crippen LogP contribution >= 0.6 is 0 Å². The van der Waals surface area contributed by atoms with Gasteiger partial charge in [0.1, 0.15) is 11.4 Å². The van der Waals surface area contributed by atoms with Crippen molar-refractivity contribution in [1.29, 1.82) is 0 Å². The fraction of sp³-hybridized carbons (Fsp3) is 0.0714. The zero-order chi connectivity index (χ0) is 12.5. The molecule has 0 spiro atoms. The Hall–Kier alpha value is -1.76. The molecule has 0 aliphatic heterocycles. The van der Waals surface area contributed by atoms with E-state index in [2.05, 4.69) is 40.8 Å². The molecule has 0 amide bonds. The summed E-state index contributed by atoms with van der Waals surface area (Å²) in [5, 5.41) is 5.68. The van der Waals surface area contributed by atoms with E-state index in [4.69, 9.17) is 3.79 Å². The number of aryl methyl sites for hydroxylation is 1. The first-order valence-electron chi connectivity index (χ1n) is 5.70. The molecule has 0 saturated carbocycles. The van der Waals surface area contributed by atoms with Crippen molar-refractivity contribution in [3.05, 3.63) is 54.2 Å². The molecule has 0 unspecified atom stereocenters. The van der Waals surface area contributed by atoms with Gasteiger partial charge in [0.2, 0.25) is 0 Å². The summed E-state index contributed by atoms with van der Waals surface area (Å²) in [6.07, 6.45) is 2.01. The molecule has 1 heterocycles. The number of hydrogen-bond donors (Lipinski definition) is 0. The minimum Gasteiger partial charge on any atom is -0.652 e. The van der Waals surface area contributed by atoms with Crippen molar-refractivity contribution >= 4 is 27.5 Å². The van der Waals surface area contributed by atoms with E-state index in [1.807, 2.05) is 41.2 Å². The number of aromatic nitrogens is 2. The third kappa shape index (κ3) is 1.90. The second kappa shape index (κ2) is 4.49. The van der Waals surface area contributed by atoms with Crippen molar-refractivity contribution in [3.63, 3.8) is 0 Å². The summed E-state index contributed by atoms with van der Waals surface area (Å²) in [6, 6.07) is 14.1. The summed E-state index contributed by atoms with van der Waals surface area (Å²) < 4.78 is 7.16. The average Bonchev–Trinajstić information content (AvgIpc) is 2.82. The van der Waals surface area contributed by atoms with Gasteiger partial charge in [-0.3, -0.25) is 0 Å². The Balaban J connectivity index is 2.22. The molecular formula is C14H11AlN2O. The summed E-state index contributed by atoms with van der Waals surface area (Å²) in [5.41, 5.74) is 3.10. The standard InChI is InChI=1S/C14H12N2O.Al/c1-10-6-7-14(17)13(8-10)16-9-11-4-2-3-5-12(11)15-16;/h2-9,17H,1H3;/q;+1/p-1. The molecule has 0 bridgehead atoms. The highest BCUT2D eigenvalue weighted by molar-refractivity contribution is 6.00. The molecule has 18 heavy (non-hydrogen) atoms. The lowest BCUT2D eigenvalue weighted by molar-refractivity contribution is 0.606. The molecular weight excluding hydrogens is 239 g/mol. The van der Waals surface area contributed by atoms with Crippen LogP contribution in [0, 0.1) is 6.92 Å². The zero-order valence-electron chi connectivity index (χ0n) is 10.00. The highest BCUT2D eigenvalue weighted by atomic mass is 27.1. The maximum absolute atomic E-state index is 5.31. The highest BCUT2D eigenvalue weighted by Crippen LogP contribution is 2.25. The van der Waals surface area contributed by atoms with E-state index in [-0.39, 0.29) is 0 Å². The summed E-state index contributed by atoms with van der Waals surface area (Å²) in [4.78, 5) is 0. The minimum absolute atomic E-state index is 0.790. The van der Waals surface area contributed by atoms with Crippen molar-refractivity contribution in [3.8, 4) is 11.4 Å². The van der Waals surface area contributed by atoms with Gasteiger partial charge in [0.25, 0.3) is 0 Å². The summed E-state index contributed by atoms with van der Waals surface area (Å²) >= 11 is 2.28. The van der Waals surface area contributed by atoms with Crippen molar-refractivity contribution in [2.75, 3.05) is 0 Å². The Bertz CT molecular complexity index is 673. The summed E-state index contributed by atoms with van der Waals surface area (Å²) in [6.45, 7) is 2.05. The van der Waals surface area contributed by atoms with Gasteiger partial charge in [-0.1, -0.05) is 24.3 Å². The first-order chi connectivity index (χ1) is 8.78. The largest absolute Gasteiger partial charge is 0.652 e. The Kier molecular flexibility index (Phi) is 2.83. The highest BCUT2D eigenvalue weighted by Gasteiger charge is 2.07. The van der Waals surface area contributed by atoms with Crippen LogP contribution in [0.1, 0.15) is 5.56 Å². The van der Waals surface area contributed by atoms with Crippen LogP contribution in [0.4, 0.5) is 0 Å². The monoisotopic (exact) mass is 250 g/mol. The molecule has 3 rings (SSSR count). The van der Waals surface area contributed by atoms with Crippen molar-refractivity contribution in [2.24, 2.45) is 0 Å². The van der Waals surface area contributed by atoms with E-state index in [1.165, 1.54) is 5.56 Å². The maximum atomic E-state index is 5.31. The van der Waals surface area contributed by atoms with Crippen LogP contribution in [0.15, 0.2) is 48.7 Å². The average molecular weight is 250 g/mol. The van der Waals surface area contributed by atoms with Gasteiger partial charge in [0.15, 0.2) is 0 Å². The fourth-order valence-electron chi connectivity index (χ4n) is 1.99. The zero-order valence-corrected chi connectivity index (χ0v) is 11.2. The molecule has 0 aliphatic carbocycles. The van der Waals surface area contributed by atoms with Crippen LogP contribution in [0.2, 0.25) is 0 Å². The Labute approximate surface area is 114 Å².